The average Bonchev–Trinajstić information content (AvgIpc) is 2.98. The maximum absolute atomic E-state index is 2.81. The highest BCUT2D eigenvalue weighted by Gasteiger charge is 2.69. The zero-order valence-electron chi connectivity index (χ0n) is 20.9. The second-order valence-corrected chi connectivity index (χ2v) is 14.3. The largest absolute Gasteiger partial charge is 0.0651 e. The maximum Gasteiger partial charge on any atom is -0.0235 e. The highest BCUT2D eigenvalue weighted by molar-refractivity contribution is 5.18. The molecule has 0 unspecified atom stereocenters. The molecule has 0 aromatic carbocycles. The van der Waals surface area contributed by atoms with Crippen LogP contribution in [0.2, 0.25) is 0 Å². The standard InChI is InChI=1S/C29H50/c1-8-20-12-17-26(4)21(20)13-18-28(6)23(26)10-11-24-27(5)16-9-15-25(2,3)22(27)14-19-29(24,28)7/h20-24H,8-19H2,1-7H3/t20-,21+,22-,23+,24+,26-,27-,28+,29+/m0/s1. The van der Waals surface area contributed by atoms with Crippen LogP contribution >= 0.6 is 0 Å². The Bertz CT molecular complexity index is 661. The van der Waals surface area contributed by atoms with Crippen LogP contribution in [-0.4, -0.2) is 0 Å². The highest BCUT2D eigenvalue weighted by Crippen LogP contribution is 2.77. The maximum atomic E-state index is 2.81. The Kier molecular flexibility index (Phi) is 4.52. The van der Waals surface area contributed by atoms with Gasteiger partial charge in [-0.2, -0.15) is 0 Å². The van der Waals surface area contributed by atoms with E-state index in [2.05, 4.69) is 48.5 Å². The van der Waals surface area contributed by atoms with Crippen LogP contribution < -0.4 is 0 Å². The third kappa shape index (κ3) is 2.44. The summed E-state index contributed by atoms with van der Waals surface area (Å²) in [5.41, 5.74) is 2.97. The second-order valence-electron chi connectivity index (χ2n) is 14.3. The summed E-state index contributed by atoms with van der Waals surface area (Å²) in [6.07, 6.45) is 18.1. The topological polar surface area (TPSA) is 0 Å². The minimum atomic E-state index is 0.565. The predicted octanol–water partition coefficient (Wildman–Crippen LogP) is 8.89. The molecule has 166 valence electrons. The first-order chi connectivity index (χ1) is 13.5. The Morgan fingerprint density at radius 2 is 1.21 bits per heavy atom. The van der Waals surface area contributed by atoms with E-state index in [1.165, 1.54) is 64.2 Å². The van der Waals surface area contributed by atoms with Crippen molar-refractivity contribution < 1.29 is 0 Å². The van der Waals surface area contributed by atoms with Crippen molar-refractivity contribution >= 4 is 0 Å². The van der Waals surface area contributed by atoms with E-state index in [0.29, 0.717) is 27.1 Å². The van der Waals surface area contributed by atoms with E-state index in [9.17, 15) is 0 Å². The molecule has 0 saturated heterocycles. The van der Waals surface area contributed by atoms with E-state index < -0.39 is 0 Å². The molecule has 5 saturated carbocycles. The van der Waals surface area contributed by atoms with Crippen molar-refractivity contribution in [2.24, 2.45) is 56.7 Å². The minimum absolute atomic E-state index is 0.565. The predicted molar refractivity (Wildman–Crippen MR) is 125 cm³/mol. The van der Waals surface area contributed by atoms with E-state index in [0.717, 1.165) is 29.6 Å². The zero-order valence-corrected chi connectivity index (χ0v) is 20.9. The molecule has 0 spiro atoms. The van der Waals surface area contributed by atoms with E-state index in [-0.39, 0.29) is 0 Å². The van der Waals surface area contributed by atoms with Crippen molar-refractivity contribution in [3.8, 4) is 0 Å². The summed E-state index contributed by atoms with van der Waals surface area (Å²) in [4.78, 5) is 0. The number of fused-ring (bicyclic) bond motifs is 7. The molecule has 0 aromatic heterocycles. The quantitative estimate of drug-likeness (QED) is 0.413. The van der Waals surface area contributed by atoms with Gasteiger partial charge < -0.3 is 0 Å². The van der Waals surface area contributed by atoms with Crippen LogP contribution in [0.15, 0.2) is 0 Å². The first-order valence-corrected chi connectivity index (χ1v) is 13.5. The van der Waals surface area contributed by atoms with Gasteiger partial charge in [-0.25, -0.2) is 0 Å². The van der Waals surface area contributed by atoms with Gasteiger partial charge in [-0.3, -0.25) is 0 Å². The van der Waals surface area contributed by atoms with E-state index >= 15 is 0 Å². The van der Waals surface area contributed by atoms with Crippen LogP contribution in [0.5, 0.6) is 0 Å². The smallest absolute Gasteiger partial charge is 0.0235 e. The van der Waals surface area contributed by atoms with Crippen molar-refractivity contribution in [3.63, 3.8) is 0 Å². The van der Waals surface area contributed by atoms with Crippen molar-refractivity contribution in [2.75, 3.05) is 0 Å². The molecule has 9 atom stereocenters. The minimum Gasteiger partial charge on any atom is -0.0651 e. The first-order valence-electron chi connectivity index (χ1n) is 13.5. The molecule has 0 N–H and O–H groups in total. The van der Waals surface area contributed by atoms with Gasteiger partial charge in [0.25, 0.3) is 0 Å². The van der Waals surface area contributed by atoms with E-state index in [4.69, 9.17) is 0 Å². The summed E-state index contributed by atoms with van der Waals surface area (Å²) < 4.78 is 0. The van der Waals surface area contributed by atoms with Gasteiger partial charge in [-0.15, -0.1) is 0 Å². The SMILES string of the molecule is CC[C@H]1CC[C@@]2(C)[C@@H]1CC[C@]1(C)[C@@H]2CC[C@@H]2[C@@]3(C)CCCC(C)(C)[C@@H]3CC[C@]21C. The molecule has 5 aliphatic carbocycles. The van der Waals surface area contributed by atoms with E-state index in [1.807, 2.05) is 0 Å². The van der Waals surface area contributed by atoms with Gasteiger partial charge in [0.15, 0.2) is 0 Å². The van der Waals surface area contributed by atoms with Gasteiger partial charge in [-0.1, -0.05) is 61.3 Å². The van der Waals surface area contributed by atoms with Crippen molar-refractivity contribution in [1.29, 1.82) is 0 Å². The van der Waals surface area contributed by atoms with Gasteiger partial charge >= 0.3 is 0 Å². The summed E-state index contributed by atoms with van der Waals surface area (Å²) >= 11 is 0. The van der Waals surface area contributed by atoms with Crippen LogP contribution in [0, 0.1) is 56.7 Å². The molecule has 29 heavy (non-hydrogen) atoms. The Hall–Kier alpha value is 0. The lowest BCUT2D eigenvalue weighted by Crippen LogP contribution is -2.65. The van der Waals surface area contributed by atoms with Crippen molar-refractivity contribution in [2.45, 2.75) is 126 Å². The Morgan fingerprint density at radius 3 is 1.86 bits per heavy atom. The summed E-state index contributed by atoms with van der Waals surface area (Å²) in [6.45, 7) is 18.8. The fraction of sp³-hybridized carbons (Fsp3) is 1.00. The van der Waals surface area contributed by atoms with Crippen LogP contribution in [-0.2, 0) is 0 Å². The van der Waals surface area contributed by atoms with Gasteiger partial charge in [0, 0.05) is 0 Å². The van der Waals surface area contributed by atoms with Gasteiger partial charge in [0.2, 0.25) is 0 Å². The van der Waals surface area contributed by atoms with Crippen molar-refractivity contribution in [1.82, 2.24) is 0 Å². The molecule has 0 aromatic rings. The van der Waals surface area contributed by atoms with E-state index in [1.54, 1.807) is 12.8 Å². The monoisotopic (exact) mass is 398 g/mol. The first kappa shape index (κ1) is 20.9. The molecule has 0 bridgehead atoms. The lowest BCUT2D eigenvalue weighted by Gasteiger charge is -2.73. The zero-order chi connectivity index (χ0) is 20.9. The summed E-state index contributed by atoms with van der Waals surface area (Å²) in [6, 6.07) is 0. The fourth-order valence-electron chi connectivity index (χ4n) is 11.9. The van der Waals surface area contributed by atoms with Crippen LogP contribution in [0.3, 0.4) is 0 Å². The van der Waals surface area contributed by atoms with Gasteiger partial charge in [-0.05, 0) is 121 Å². The Labute approximate surface area is 182 Å². The molecule has 0 nitrogen and oxygen atoms in total. The lowest BCUT2D eigenvalue weighted by atomic mass is 9.32. The molecule has 0 heterocycles. The second kappa shape index (κ2) is 6.28. The molecule has 0 heteroatoms. The van der Waals surface area contributed by atoms with Crippen molar-refractivity contribution in [3.05, 3.63) is 0 Å². The number of rotatable bonds is 1. The number of hydrogen-bond acceptors (Lipinski definition) is 0. The molecule has 5 fully saturated rings. The van der Waals surface area contributed by atoms with Crippen LogP contribution in [0.4, 0.5) is 0 Å². The summed E-state index contributed by atoms with van der Waals surface area (Å²) in [7, 11) is 0. The average molecular weight is 399 g/mol. The van der Waals surface area contributed by atoms with Crippen LogP contribution in [0.25, 0.3) is 0 Å². The highest BCUT2D eigenvalue weighted by atomic mass is 14.7. The van der Waals surface area contributed by atoms with Crippen LogP contribution in [0.1, 0.15) is 126 Å². The summed E-state index contributed by atoms with van der Waals surface area (Å²) in [5, 5.41) is 0. The molecule has 0 amide bonds. The van der Waals surface area contributed by atoms with Gasteiger partial charge in [0.05, 0.1) is 0 Å². The number of hydrogen-bond donors (Lipinski definition) is 0. The molecule has 0 radical (unpaired) electrons. The third-order valence-corrected chi connectivity index (χ3v) is 13.4. The Morgan fingerprint density at radius 1 is 0.586 bits per heavy atom. The van der Waals surface area contributed by atoms with Gasteiger partial charge in [0.1, 0.15) is 0 Å². The molecular weight excluding hydrogens is 348 g/mol. The molecule has 0 aliphatic heterocycles. The normalized spacial score (nSPS) is 58.7. The third-order valence-electron chi connectivity index (χ3n) is 13.4. The summed E-state index contributed by atoms with van der Waals surface area (Å²) in [5.74, 6) is 4.99. The Balaban J connectivity index is 1.53. The molecular formula is C29H50. The fourth-order valence-corrected chi connectivity index (χ4v) is 11.9. The molecule has 5 aliphatic rings. The molecule has 5 rings (SSSR count). The lowest BCUT2D eigenvalue weighted by molar-refractivity contribution is -0.241.